The maximum atomic E-state index is 12.1. The number of aryl methyl sites for hydroxylation is 1. The minimum absolute atomic E-state index is 0.0640. The van der Waals surface area contributed by atoms with Crippen molar-refractivity contribution < 1.29 is 28.6 Å². The van der Waals surface area contributed by atoms with Crippen molar-refractivity contribution in [3.05, 3.63) is 82.6 Å². The number of hydrogen-bond acceptors (Lipinski definition) is 5. The van der Waals surface area contributed by atoms with Gasteiger partial charge in [-0.05, 0) is 59.5 Å². The van der Waals surface area contributed by atoms with Gasteiger partial charge in [0.2, 0.25) is 0 Å². The normalized spacial score (nSPS) is 14.0. The van der Waals surface area contributed by atoms with Crippen LogP contribution in [0.4, 0.5) is 0 Å². The van der Waals surface area contributed by atoms with E-state index in [0.717, 1.165) is 22.8 Å². The molecule has 0 spiro atoms. The van der Waals surface area contributed by atoms with Crippen molar-refractivity contribution in [3.8, 4) is 11.5 Å². The van der Waals surface area contributed by atoms with Crippen LogP contribution in [0.3, 0.4) is 0 Å². The van der Waals surface area contributed by atoms with E-state index in [1.54, 1.807) is 18.2 Å². The van der Waals surface area contributed by atoms with Crippen molar-refractivity contribution in [2.24, 2.45) is 0 Å². The van der Waals surface area contributed by atoms with Crippen LogP contribution in [0.1, 0.15) is 26.4 Å². The Morgan fingerprint density at radius 1 is 1.07 bits per heavy atom. The molecular weight excluding hydrogens is 356 g/mol. The van der Waals surface area contributed by atoms with Gasteiger partial charge in [0.25, 0.3) is 0 Å². The van der Waals surface area contributed by atoms with Crippen LogP contribution in [-0.4, -0.2) is 30.1 Å². The molecular formula is C23H24O5. The van der Waals surface area contributed by atoms with Gasteiger partial charge in [0, 0.05) is 6.08 Å². The van der Waals surface area contributed by atoms with Gasteiger partial charge in [0.1, 0.15) is 5.76 Å². The highest BCUT2D eigenvalue weighted by Crippen LogP contribution is 2.27. The fraction of sp³-hybridized carbons (Fsp3) is 0.174. The van der Waals surface area contributed by atoms with E-state index >= 15 is 0 Å². The van der Waals surface area contributed by atoms with E-state index in [1.165, 1.54) is 37.5 Å². The van der Waals surface area contributed by atoms with E-state index in [-0.39, 0.29) is 23.9 Å². The molecule has 0 saturated heterocycles. The van der Waals surface area contributed by atoms with Gasteiger partial charge in [-0.3, -0.25) is 4.79 Å². The quantitative estimate of drug-likeness (QED) is 0.405. The number of ketones is 1. The Kier molecular flexibility index (Phi) is 6.09. The molecule has 0 amide bonds. The molecule has 0 fully saturated rings. The van der Waals surface area contributed by atoms with Crippen LogP contribution in [0.2, 0.25) is 0 Å². The third kappa shape index (κ3) is 5.86. The molecule has 2 N–H and O–H groups in total. The number of aliphatic hydroxyl groups is 2. The second-order valence-corrected chi connectivity index (χ2v) is 5.99. The van der Waals surface area contributed by atoms with Crippen LogP contribution in [0.25, 0.3) is 12.2 Å². The molecule has 0 atom stereocenters. The highest BCUT2D eigenvalue weighted by Gasteiger charge is 2.03. The number of carbonyl (C=O) groups is 1. The Bertz CT molecular complexity index is 1020. The first-order valence-electron chi connectivity index (χ1n) is 9.99. The molecule has 0 saturated carbocycles. The molecule has 2 rings (SSSR count). The summed E-state index contributed by atoms with van der Waals surface area (Å²) in [5.74, 6) is -0.384. The zero-order valence-electron chi connectivity index (χ0n) is 18.7. The number of rotatable bonds is 8. The second-order valence-electron chi connectivity index (χ2n) is 5.99. The lowest BCUT2D eigenvalue weighted by Crippen LogP contribution is -1.91. The zero-order valence-corrected chi connectivity index (χ0v) is 15.7. The van der Waals surface area contributed by atoms with Crippen molar-refractivity contribution in [1.82, 2.24) is 0 Å². The smallest absolute Gasteiger partial charge is 0.182 e. The lowest BCUT2D eigenvalue weighted by molar-refractivity contribution is -0.110. The van der Waals surface area contributed by atoms with Crippen molar-refractivity contribution >= 4 is 17.9 Å². The highest BCUT2D eigenvalue weighted by molar-refractivity contribution is 6.02. The Labute approximate surface area is 169 Å². The standard InChI is InChI=1S/C23H24O5/c1-16-4-5-17(12-19(16)15-24)6-9-20(25)14-21(26)10-7-18-8-11-22(27-2)23(13-18)28-3/h4-14,24-25H,15H2,1-3H3/b9-6+,10-7+,20-14-/i2D3. The fourth-order valence-electron chi connectivity index (χ4n) is 2.44. The Hall–Kier alpha value is -3.31. The number of hydrogen-bond donors (Lipinski definition) is 2. The summed E-state index contributed by atoms with van der Waals surface area (Å²) in [6.45, 7) is 1.82. The lowest BCUT2D eigenvalue weighted by atomic mass is 10.1. The first-order valence-corrected chi connectivity index (χ1v) is 8.49. The van der Waals surface area contributed by atoms with Gasteiger partial charge in [-0.1, -0.05) is 30.4 Å². The van der Waals surface area contributed by atoms with E-state index in [4.69, 9.17) is 13.6 Å². The monoisotopic (exact) mass is 383 g/mol. The minimum Gasteiger partial charge on any atom is -0.508 e. The molecule has 5 heteroatoms. The SMILES string of the molecule is [2H]C([2H])([2H])Oc1ccc(/C=C/C(=O)/C=C(O)/C=C/c2ccc(C)c(CO)c2)cc1OC. The first kappa shape index (κ1) is 16.8. The molecule has 2 aromatic carbocycles. The molecule has 0 unspecified atom stereocenters. The minimum atomic E-state index is -2.60. The second kappa shape index (κ2) is 10.1. The average molecular weight is 383 g/mol. The third-order valence-corrected chi connectivity index (χ3v) is 4.02. The average Bonchev–Trinajstić information content (AvgIpc) is 2.71. The maximum absolute atomic E-state index is 12.1. The number of aliphatic hydroxyl groups excluding tert-OH is 2. The Balaban J connectivity index is 2.07. The van der Waals surface area contributed by atoms with Crippen LogP contribution < -0.4 is 9.47 Å². The third-order valence-electron chi connectivity index (χ3n) is 4.02. The van der Waals surface area contributed by atoms with E-state index in [0.29, 0.717) is 5.56 Å². The van der Waals surface area contributed by atoms with Gasteiger partial charge in [-0.25, -0.2) is 0 Å². The molecule has 2 aromatic rings. The van der Waals surface area contributed by atoms with Crippen molar-refractivity contribution in [2.45, 2.75) is 13.5 Å². The van der Waals surface area contributed by atoms with Crippen molar-refractivity contribution in [3.63, 3.8) is 0 Å². The molecule has 146 valence electrons. The summed E-state index contributed by atoms with van der Waals surface area (Å²) in [7, 11) is -1.22. The van der Waals surface area contributed by atoms with E-state index in [9.17, 15) is 15.0 Å². The summed E-state index contributed by atoms with van der Waals surface area (Å²) >= 11 is 0. The highest BCUT2D eigenvalue weighted by atomic mass is 16.5. The molecule has 0 aliphatic rings. The number of benzene rings is 2. The Morgan fingerprint density at radius 3 is 2.50 bits per heavy atom. The lowest BCUT2D eigenvalue weighted by Gasteiger charge is -2.07. The van der Waals surface area contributed by atoms with Gasteiger partial charge in [-0.2, -0.15) is 0 Å². The topological polar surface area (TPSA) is 76.0 Å². The first-order chi connectivity index (χ1) is 14.6. The van der Waals surface area contributed by atoms with Gasteiger partial charge >= 0.3 is 0 Å². The maximum Gasteiger partial charge on any atom is 0.182 e. The van der Waals surface area contributed by atoms with Gasteiger partial charge < -0.3 is 19.7 Å². The van der Waals surface area contributed by atoms with Crippen molar-refractivity contribution in [1.29, 1.82) is 0 Å². The summed E-state index contributed by atoms with van der Waals surface area (Å²) in [5.41, 5.74) is 3.12. The summed E-state index contributed by atoms with van der Waals surface area (Å²) in [4.78, 5) is 12.1. The summed E-state index contributed by atoms with van der Waals surface area (Å²) < 4.78 is 31.5. The summed E-state index contributed by atoms with van der Waals surface area (Å²) in [5, 5.41) is 19.3. The molecule has 0 aromatic heterocycles. The molecule has 0 radical (unpaired) electrons. The van der Waals surface area contributed by atoms with E-state index in [2.05, 4.69) is 0 Å². The van der Waals surface area contributed by atoms with Gasteiger partial charge in [-0.15, -0.1) is 0 Å². The summed E-state index contributed by atoms with van der Waals surface area (Å²) in [6, 6.07) is 10.1. The molecule has 28 heavy (non-hydrogen) atoms. The number of allylic oxidation sites excluding steroid dienone is 3. The van der Waals surface area contributed by atoms with Crippen LogP contribution >= 0.6 is 0 Å². The molecule has 0 heterocycles. The van der Waals surface area contributed by atoms with Crippen LogP contribution in [0.5, 0.6) is 11.5 Å². The van der Waals surface area contributed by atoms with Crippen LogP contribution in [0.15, 0.2) is 60.4 Å². The van der Waals surface area contributed by atoms with Gasteiger partial charge in [0.15, 0.2) is 17.3 Å². The predicted octanol–water partition coefficient (Wildman–Crippen LogP) is 4.24. The number of ether oxygens (including phenoxy) is 2. The van der Waals surface area contributed by atoms with E-state index in [1.807, 2.05) is 19.1 Å². The van der Waals surface area contributed by atoms with Crippen LogP contribution in [-0.2, 0) is 11.4 Å². The van der Waals surface area contributed by atoms with Gasteiger partial charge in [0.05, 0.1) is 24.9 Å². The van der Waals surface area contributed by atoms with E-state index < -0.39 is 12.8 Å². The number of carbonyl (C=O) groups excluding carboxylic acids is 1. The summed E-state index contributed by atoms with van der Waals surface area (Å²) in [6.07, 6.45) is 6.86. The fourth-order valence-corrected chi connectivity index (χ4v) is 2.44. The number of methoxy groups -OCH3 is 2. The Morgan fingerprint density at radius 2 is 1.79 bits per heavy atom. The molecule has 5 nitrogen and oxygen atoms in total. The molecule has 0 aliphatic carbocycles. The van der Waals surface area contributed by atoms with Crippen LogP contribution in [0, 0.1) is 6.92 Å². The predicted molar refractivity (Wildman–Crippen MR) is 110 cm³/mol. The zero-order chi connectivity index (χ0) is 23.0. The molecule has 0 bridgehead atoms. The molecule has 0 aliphatic heterocycles. The van der Waals surface area contributed by atoms with Crippen molar-refractivity contribution in [2.75, 3.05) is 14.1 Å². The largest absolute Gasteiger partial charge is 0.508 e.